The van der Waals surface area contributed by atoms with E-state index in [2.05, 4.69) is 10.6 Å². The van der Waals surface area contributed by atoms with Gasteiger partial charge in [0.1, 0.15) is 0 Å². The largest absolute Gasteiger partial charge is 0.347 e. The maximum atomic E-state index is 13.1. The lowest BCUT2D eigenvalue weighted by molar-refractivity contribution is -0.128. The molecule has 0 unspecified atom stereocenters. The lowest BCUT2D eigenvalue weighted by atomic mass is 9.97. The molecule has 1 heterocycles. The zero-order valence-corrected chi connectivity index (χ0v) is 19.4. The van der Waals surface area contributed by atoms with Crippen molar-refractivity contribution in [3.05, 3.63) is 71.8 Å². The second-order valence-electron chi connectivity index (χ2n) is 7.96. The van der Waals surface area contributed by atoms with Crippen molar-refractivity contribution in [3.63, 3.8) is 0 Å². The highest BCUT2D eigenvalue weighted by atomic mass is 35.5. The zero-order chi connectivity index (χ0) is 23.4. The molecule has 1 fully saturated rings. The monoisotopic (exact) mass is 485 g/mol. The normalized spacial score (nSPS) is 15.3. The van der Waals surface area contributed by atoms with Gasteiger partial charge in [0.05, 0.1) is 11.4 Å². The van der Waals surface area contributed by atoms with Gasteiger partial charge in [-0.1, -0.05) is 41.9 Å². The molecule has 0 saturated carbocycles. The van der Waals surface area contributed by atoms with E-state index in [4.69, 9.17) is 11.6 Å². The van der Waals surface area contributed by atoms with Gasteiger partial charge in [-0.3, -0.25) is 9.59 Å². The fraction of sp³-hybridized carbons (Fsp3) is 0.250. The molecule has 7 nitrogen and oxygen atoms in total. The van der Waals surface area contributed by atoms with Crippen molar-refractivity contribution in [1.29, 1.82) is 0 Å². The van der Waals surface area contributed by atoms with Crippen LogP contribution in [0.1, 0.15) is 12.8 Å². The molecular weight excluding hydrogens is 462 g/mol. The van der Waals surface area contributed by atoms with E-state index in [0.29, 0.717) is 23.6 Å². The number of hydrogen-bond donors (Lipinski definition) is 2. The molecule has 9 heteroatoms. The third kappa shape index (κ3) is 5.52. The molecule has 0 bridgehead atoms. The summed E-state index contributed by atoms with van der Waals surface area (Å²) in [5.41, 5.74) is 0.589. The summed E-state index contributed by atoms with van der Waals surface area (Å²) >= 11 is 5.82. The van der Waals surface area contributed by atoms with Crippen molar-refractivity contribution in [2.24, 2.45) is 5.92 Å². The molecule has 0 aromatic heterocycles. The van der Waals surface area contributed by atoms with Crippen LogP contribution in [0.25, 0.3) is 10.8 Å². The highest BCUT2D eigenvalue weighted by Crippen LogP contribution is 2.26. The third-order valence-electron chi connectivity index (χ3n) is 5.73. The first-order chi connectivity index (χ1) is 15.8. The van der Waals surface area contributed by atoms with Gasteiger partial charge >= 0.3 is 0 Å². The first-order valence-electron chi connectivity index (χ1n) is 10.6. The smallest absolute Gasteiger partial charge is 0.243 e. The summed E-state index contributed by atoms with van der Waals surface area (Å²) in [6.07, 6.45) is 0.800. The summed E-state index contributed by atoms with van der Waals surface area (Å²) in [5.74, 6) is -0.928. The predicted octanol–water partition coefficient (Wildman–Crippen LogP) is 3.65. The molecule has 3 aromatic rings. The Kier molecular flexibility index (Phi) is 6.97. The quantitative estimate of drug-likeness (QED) is 0.557. The summed E-state index contributed by atoms with van der Waals surface area (Å²) in [6, 6.07) is 19.4. The van der Waals surface area contributed by atoms with Crippen LogP contribution in [0.5, 0.6) is 0 Å². The van der Waals surface area contributed by atoms with Gasteiger partial charge in [0.15, 0.2) is 0 Å². The summed E-state index contributed by atoms with van der Waals surface area (Å²) < 4.78 is 27.6. The highest BCUT2D eigenvalue weighted by molar-refractivity contribution is 7.89. The van der Waals surface area contributed by atoms with Gasteiger partial charge in [-0.15, -0.1) is 0 Å². The Morgan fingerprint density at radius 3 is 2.30 bits per heavy atom. The maximum absolute atomic E-state index is 13.1. The second-order valence-corrected chi connectivity index (χ2v) is 10.3. The number of benzene rings is 3. The molecule has 2 N–H and O–H groups in total. The van der Waals surface area contributed by atoms with E-state index in [0.717, 1.165) is 10.8 Å². The minimum Gasteiger partial charge on any atom is -0.347 e. The first kappa shape index (κ1) is 23.2. The van der Waals surface area contributed by atoms with Crippen LogP contribution in [-0.4, -0.2) is 44.2 Å². The molecular formula is C24H24ClN3O4S. The van der Waals surface area contributed by atoms with E-state index < -0.39 is 10.0 Å². The summed E-state index contributed by atoms with van der Waals surface area (Å²) in [4.78, 5) is 24.8. The molecule has 4 rings (SSSR count). The van der Waals surface area contributed by atoms with E-state index in [1.165, 1.54) is 4.31 Å². The van der Waals surface area contributed by atoms with Gasteiger partial charge in [-0.2, -0.15) is 4.31 Å². The van der Waals surface area contributed by atoms with E-state index in [1.54, 1.807) is 42.5 Å². The Labute approximate surface area is 197 Å². The number of nitrogens with one attached hydrogen (secondary N) is 2. The number of carbonyl (C=O) groups is 2. The Morgan fingerprint density at radius 2 is 1.61 bits per heavy atom. The molecule has 0 atom stereocenters. The third-order valence-corrected chi connectivity index (χ3v) is 7.88. The number of hydrogen-bond acceptors (Lipinski definition) is 4. The molecule has 3 aromatic carbocycles. The minimum absolute atomic E-state index is 0.156. The number of amides is 2. The average molecular weight is 486 g/mol. The molecule has 33 heavy (non-hydrogen) atoms. The van der Waals surface area contributed by atoms with Gasteiger partial charge in [0.2, 0.25) is 21.8 Å². The van der Waals surface area contributed by atoms with E-state index >= 15 is 0 Å². The van der Waals surface area contributed by atoms with Crippen LogP contribution in [-0.2, 0) is 19.6 Å². The summed E-state index contributed by atoms with van der Waals surface area (Å²) in [7, 11) is -3.64. The SMILES string of the molecule is O=C(CNC(=O)C1CCN(S(=O)(=O)c2ccc3ccccc3c2)CC1)Nc1ccc(Cl)cc1. The predicted molar refractivity (Wildman–Crippen MR) is 129 cm³/mol. The van der Waals surface area contributed by atoms with Crippen LogP contribution < -0.4 is 10.6 Å². The first-order valence-corrected chi connectivity index (χ1v) is 12.5. The van der Waals surface area contributed by atoms with Gasteiger partial charge in [-0.05, 0) is 60.0 Å². The standard InChI is InChI=1S/C24H24ClN3O4S/c25-20-6-8-21(9-7-20)27-23(29)16-26-24(30)18-11-13-28(14-12-18)33(31,32)22-10-5-17-3-1-2-4-19(17)15-22/h1-10,15,18H,11-14,16H2,(H,26,30)(H,27,29). The summed E-state index contributed by atoms with van der Waals surface area (Å²) in [5, 5.41) is 7.74. The van der Waals surface area contributed by atoms with Crippen molar-refractivity contribution in [2.45, 2.75) is 17.7 Å². The highest BCUT2D eigenvalue weighted by Gasteiger charge is 2.32. The van der Waals surface area contributed by atoms with Gasteiger partial charge < -0.3 is 10.6 Å². The fourth-order valence-corrected chi connectivity index (χ4v) is 5.52. The van der Waals surface area contributed by atoms with Crippen molar-refractivity contribution in [2.75, 3.05) is 25.0 Å². The topological polar surface area (TPSA) is 95.6 Å². The Morgan fingerprint density at radius 1 is 0.939 bits per heavy atom. The molecule has 1 aliphatic rings. The molecule has 0 spiro atoms. The van der Waals surface area contributed by atoms with Crippen LogP contribution in [0, 0.1) is 5.92 Å². The number of nitrogens with zero attached hydrogens (tertiary/aromatic N) is 1. The second kappa shape index (κ2) is 9.91. The molecule has 1 saturated heterocycles. The fourth-order valence-electron chi connectivity index (χ4n) is 3.89. The zero-order valence-electron chi connectivity index (χ0n) is 17.8. The molecule has 1 aliphatic heterocycles. The molecule has 0 radical (unpaired) electrons. The van der Waals surface area contributed by atoms with Gasteiger partial charge in [0.25, 0.3) is 0 Å². The number of rotatable bonds is 6. The van der Waals surface area contributed by atoms with Gasteiger partial charge in [0, 0.05) is 29.7 Å². The Bertz CT molecular complexity index is 1270. The van der Waals surface area contributed by atoms with Crippen molar-refractivity contribution in [3.8, 4) is 0 Å². The van der Waals surface area contributed by atoms with Crippen LogP contribution in [0.2, 0.25) is 5.02 Å². The Hall–Kier alpha value is -2.94. The maximum Gasteiger partial charge on any atom is 0.243 e. The van der Waals surface area contributed by atoms with Crippen molar-refractivity contribution in [1.82, 2.24) is 9.62 Å². The van der Waals surface area contributed by atoms with Crippen molar-refractivity contribution >= 4 is 49.9 Å². The van der Waals surface area contributed by atoms with Crippen LogP contribution in [0.4, 0.5) is 5.69 Å². The number of halogens is 1. The molecule has 172 valence electrons. The average Bonchev–Trinajstić information content (AvgIpc) is 2.83. The van der Waals surface area contributed by atoms with Gasteiger partial charge in [-0.25, -0.2) is 8.42 Å². The Balaban J connectivity index is 1.29. The lowest BCUT2D eigenvalue weighted by Gasteiger charge is -2.30. The number of carbonyl (C=O) groups excluding carboxylic acids is 2. The minimum atomic E-state index is -3.64. The van der Waals surface area contributed by atoms with E-state index in [-0.39, 0.29) is 42.3 Å². The lowest BCUT2D eigenvalue weighted by Crippen LogP contribution is -2.44. The van der Waals surface area contributed by atoms with E-state index in [1.807, 2.05) is 24.3 Å². The molecule has 2 amide bonds. The number of piperidine rings is 1. The van der Waals surface area contributed by atoms with Crippen LogP contribution >= 0.6 is 11.6 Å². The van der Waals surface area contributed by atoms with Crippen molar-refractivity contribution < 1.29 is 18.0 Å². The van der Waals surface area contributed by atoms with E-state index in [9.17, 15) is 18.0 Å². The molecule has 0 aliphatic carbocycles. The van der Waals surface area contributed by atoms with Crippen LogP contribution in [0.15, 0.2) is 71.6 Å². The summed E-state index contributed by atoms with van der Waals surface area (Å²) in [6.45, 7) is 0.353. The number of anilines is 1. The van der Waals surface area contributed by atoms with Crippen LogP contribution in [0.3, 0.4) is 0 Å². The number of sulfonamides is 1. The number of fused-ring (bicyclic) bond motifs is 1.